The number of fused-ring (bicyclic) bond motifs is 10. The molecule has 4 bridgehead atoms. The van der Waals surface area contributed by atoms with Crippen LogP contribution in [0.1, 0.15) is 51.2 Å². The first-order valence-electron chi connectivity index (χ1n) is 15.2. The molecule has 0 atom stereocenters. The third-order valence-corrected chi connectivity index (χ3v) is 12.2. The molecule has 8 rings (SSSR count). The summed E-state index contributed by atoms with van der Waals surface area (Å²) in [5.74, 6) is 6.06. The third-order valence-electron chi connectivity index (χ3n) is 8.04. The Morgan fingerprint density at radius 1 is 0.614 bits per heavy atom. The number of rotatable bonds is 9. The van der Waals surface area contributed by atoms with E-state index in [1.165, 1.54) is 14.7 Å². The van der Waals surface area contributed by atoms with Gasteiger partial charge in [-0.2, -0.15) is 0 Å². The molecule has 0 amide bonds. The number of nitrogens with zero attached hydrogens (tertiary/aromatic N) is 6. The summed E-state index contributed by atoms with van der Waals surface area (Å²) in [6, 6.07) is 19.4. The summed E-state index contributed by atoms with van der Waals surface area (Å²) in [6.45, 7) is 6.64. The Balaban J connectivity index is 1.56. The second-order valence-electron chi connectivity index (χ2n) is 11.0. The fraction of sp³-hybridized carbons (Fsp3) is 0.273. The number of benzene rings is 3. The zero-order valence-corrected chi connectivity index (χ0v) is 28.0. The number of hydrogen-bond acceptors (Lipinski definition) is 7. The minimum Gasteiger partial charge on any atom is -0.319 e. The van der Waals surface area contributed by atoms with E-state index in [-0.39, 0.29) is 0 Å². The van der Waals surface area contributed by atoms with Crippen molar-refractivity contribution in [1.82, 2.24) is 8.96 Å². The van der Waals surface area contributed by atoms with Crippen molar-refractivity contribution in [2.75, 3.05) is 17.3 Å². The van der Waals surface area contributed by atoms with Gasteiger partial charge in [0, 0.05) is 47.4 Å². The van der Waals surface area contributed by atoms with Crippen LogP contribution in [0.4, 0.5) is 11.6 Å². The number of aromatic nitrogens is 2. The van der Waals surface area contributed by atoms with Gasteiger partial charge in [-0.1, -0.05) is 57.2 Å². The maximum Gasteiger partial charge on any atom is 0.499 e. The van der Waals surface area contributed by atoms with Gasteiger partial charge in [-0.05, 0) is 54.7 Å². The highest BCUT2D eigenvalue weighted by molar-refractivity contribution is 8.00. The molecule has 3 aliphatic rings. The van der Waals surface area contributed by atoms with Crippen molar-refractivity contribution in [2.45, 2.75) is 54.7 Å². The van der Waals surface area contributed by atoms with Gasteiger partial charge in [0.25, 0.3) is 0 Å². The number of hydrogen-bond donors (Lipinski definition) is 0. The normalized spacial score (nSPS) is 14.4. The molecule has 220 valence electrons. The van der Waals surface area contributed by atoms with E-state index >= 15 is 0 Å². The van der Waals surface area contributed by atoms with Crippen LogP contribution in [0.15, 0.2) is 89.3 Å². The van der Waals surface area contributed by atoms with E-state index in [0.717, 1.165) is 91.8 Å². The molecule has 5 aromatic rings. The predicted octanol–water partition coefficient (Wildman–Crippen LogP) is 8.46. The van der Waals surface area contributed by atoms with E-state index < -0.39 is 6.40 Å². The fourth-order valence-corrected chi connectivity index (χ4v) is 9.40. The predicted molar refractivity (Wildman–Crippen MR) is 190 cm³/mol. The van der Waals surface area contributed by atoms with E-state index in [2.05, 4.69) is 84.3 Å². The largest absolute Gasteiger partial charge is 0.499 e. The van der Waals surface area contributed by atoms with Gasteiger partial charge in [0.15, 0.2) is 11.7 Å². The standard InChI is InChI=1S/C33H30BClN6S3/c1-4-16-42-22-13-7-10-19-25(22)29-36-28(19)37-30-20-11-8-15-24(44-18-6-3)27(20)33-39-31-21-12-9-14-23(43-17-5-2)26(21)32(38-29)41(31)34(35)40(30)33/h7-15H,4-6,16-18H2,1-3H3. The zero-order chi connectivity index (χ0) is 29.9. The minimum atomic E-state index is -0.599. The van der Waals surface area contributed by atoms with Crippen LogP contribution in [0, 0.1) is 0 Å². The average molecular weight is 653 g/mol. The van der Waals surface area contributed by atoms with Crippen molar-refractivity contribution in [1.29, 1.82) is 0 Å². The number of thioether (sulfide) groups is 3. The fourth-order valence-electron chi connectivity index (χ4n) is 6.19. The van der Waals surface area contributed by atoms with Crippen molar-refractivity contribution in [2.24, 2.45) is 20.0 Å². The Bertz CT molecular complexity index is 2180. The molecule has 5 heterocycles. The first-order chi connectivity index (χ1) is 21.6. The molecule has 2 aromatic heterocycles. The third kappa shape index (κ3) is 4.28. The van der Waals surface area contributed by atoms with Gasteiger partial charge in [0.1, 0.15) is 22.6 Å². The monoisotopic (exact) mass is 652 g/mol. The van der Waals surface area contributed by atoms with Gasteiger partial charge in [-0.25, -0.2) is 20.0 Å². The number of aliphatic imine (C=N–C) groups is 2. The lowest BCUT2D eigenvalue weighted by Crippen LogP contribution is -2.45. The van der Waals surface area contributed by atoms with Gasteiger partial charge in [0.05, 0.1) is 0 Å². The molecule has 0 fully saturated rings. The first kappa shape index (κ1) is 28.6. The van der Waals surface area contributed by atoms with Crippen LogP contribution in [-0.2, 0) is 0 Å². The van der Waals surface area contributed by atoms with Crippen LogP contribution in [0.5, 0.6) is 0 Å². The van der Waals surface area contributed by atoms with E-state index in [1.807, 2.05) is 35.3 Å². The van der Waals surface area contributed by atoms with Crippen molar-refractivity contribution in [3.63, 3.8) is 0 Å². The Labute approximate surface area is 274 Å². The second-order valence-corrected chi connectivity index (χ2v) is 14.8. The smallest absolute Gasteiger partial charge is 0.319 e. The molecule has 0 N–H and O–H groups in total. The van der Waals surface area contributed by atoms with Crippen molar-refractivity contribution in [3.8, 4) is 0 Å². The lowest BCUT2D eigenvalue weighted by atomic mass is 10.1. The van der Waals surface area contributed by atoms with Crippen LogP contribution >= 0.6 is 46.7 Å². The Morgan fingerprint density at radius 3 is 1.98 bits per heavy atom. The molecule has 11 heteroatoms. The molecule has 0 spiro atoms. The van der Waals surface area contributed by atoms with Gasteiger partial charge in [-0.15, -0.1) is 46.7 Å². The molecule has 6 nitrogen and oxygen atoms in total. The molecular formula is C33H30BClN6S3. The van der Waals surface area contributed by atoms with E-state index in [9.17, 15) is 0 Å². The van der Waals surface area contributed by atoms with Crippen LogP contribution in [-0.4, -0.2) is 44.3 Å². The summed E-state index contributed by atoms with van der Waals surface area (Å²) in [5.41, 5.74) is 3.70. The van der Waals surface area contributed by atoms with Crippen molar-refractivity contribution >= 4 is 98.0 Å². The van der Waals surface area contributed by atoms with Gasteiger partial charge < -0.3 is 8.96 Å². The Morgan fingerprint density at radius 2 is 1.25 bits per heavy atom. The summed E-state index contributed by atoms with van der Waals surface area (Å²) in [7, 11) is 0. The molecule has 3 aromatic carbocycles. The molecule has 3 aliphatic heterocycles. The van der Waals surface area contributed by atoms with E-state index in [1.54, 1.807) is 0 Å². The van der Waals surface area contributed by atoms with Crippen LogP contribution < -0.4 is 11.0 Å². The second kappa shape index (κ2) is 11.5. The highest BCUT2D eigenvalue weighted by Crippen LogP contribution is 2.45. The Hall–Kier alpha value is -2.92. The summed E-state index contributed by atoms with van der Waals surface area (Å²) < 4.78 is 4.19. The SMILES string of the molecule is CCCSc1cccc2c1C1=NC2=Nc2c3cccc(SCCC)c3c3n2B(Cl)n2c(c4cccc(SCCC)c4c2=N1)=N3. The zero-order valence-electron chi connectivity index (χ0n) is 24.8. The van der Waals surface area contributed by atoms with Crippen LogP contribution in [0.25, 0.3) is 21.5 Å². The average Bonchev–Trinajstić information content (AvgIpc) is 3.67. The van der Waals surface area contributed by atoms with Crippen molar-refractivity contribution < 1.29 is 0 Å². The molecule has 0 radical (unpaired) electrons. The summed E-state index contributed by atoms with van der Waals surface area (Å²) in [6.07, 6.45) is 2.66. The highest BCUT2D eigenvalue weighted by atomic mass is 35.5. The molecule has 0 aliphatic carbocycles. The topological polar surface area (TPSA) is 59.3 Å². The summed E-state index contributed by atoms with van der Waals surface area (Å²) in [5, 5.41) is 4.28. The highest BCUT2D eigenvalue weighted by Gasteiger charge is 2.37. The maximum atomic E-state index is 7.59. The quantitative estimate of drug-likeness (QED) is 0.119. The lowest BCUT2D eigenvalue weighted by molar-refractivity contribution is 0.937. The minimum absolute atomic E-state index is 0.599. The molecule has 0 saturated heterocycles. The Kier molecular flexibility index (Phi) is 7.44. The summed E-state index contributed by atoms with van der Waals surface area (Å²) >= 11 is 13.2. The molecule has 0 unspecified atom stereocenters. The van der Waals surface area contributed by atoms with E-state index in [0.29, 0.717) is 11.7 Å². The molecular weight excluding hydrogens is 623 g/mol. The summed E-state index contributed by atoms with van der Waals surface area (Å²) in [4.78, 5) is 24.9. The van der Waals surface area contributed by atoms with Crippen molar-refractivity contribution in [3.05, 3.63) is 76.7 Å². The first-order valence-corrected chi connectivity index (χ1v) is 18.6. The molecule has 44 heavy (non-hydrogen) atoms. The van der Waals surface area contributed by atoms with Crippen LogP contribution in [0.3, 0.4) is 0 Å². The van der Waals surface area contributed by atoms with E-state index in [4.69, 9.17) is 31.4 Å². The van der Waals surface area contributed by atoms with Crippen LogP contribution in [0.2, 0.25) is 0 Å². The van der Waals surface area contributed by atoms with Gasteiger partial charge in [0.2, 0.25) is 0 Å². The lowest BCUT2D eigenvalue weighted by Gasteiger charge is -2.18. The number of amidine groups is 2. The maximum absolute atomic E-state index is 7.59. The number of halogens is 1. The van der Waals surface area contributed by atoms with Gasteiger partial charge in [-0.3, -0.25) is 0 Å². The molecule has 0 saturated carbocycles. The van der Waals surface area contributed by atoms with Gasteiger partial charge >= 0.3 is 6.40 Å².